The Morgan fingerprint density at radius 1 is 1.00 bits per heavy atom. The van der Waals surface area contributed by atoms with Crippen LogP contribution in [0.5, 0.6) is 0 Å². The van der Waals surface area contributed by atoms with Crippen molar-refractivity contribution in [3.63, 3.8) is 0 Å². The van der Waals surface area contributed by atoms with Crippen molar-refractivity contribution in [2.45, 2.75) is 12.5 Å². The number of benzene rings is 3. The zero-order valence-corrected chi connectivity index (χ0v) is 14.7. The van der Waals surface area contributed by atoms with Crippen molar-refractivity contribution < 1.29 is 14.3 Å². The molecule has 3 aromatic carbocycles. The fraction of sp³-hybridized carbons (Fsp3) is 0.130. The minimum atomic E-state index is -0.580. The second-order valence-electron chi connectivity index (χ2n) is 6.57. The number of cyclic esters (lactones) is 1. The van der Waals surface area contributed by atoms with E-state index in [0.29, 0.717) is 6.42 Å². The van der Waals surface area contributed by atoms with E-state index in [1.807, 2.05) is 72.8 Å². The zero-order chi connectivity index (χ0) is 18.6. The Labute approximate surface area is 157 Å². The van der Waals surface area contributed by atoms with Gasteiger partial charge in [-0.3, -0.25) is 4.79 Å². The first kappa shape index (κ1) is 17.0. The minimum Gasteiger partial charge on any atom is -0.447 e. The molecular formula is C23H19NO3. The van der Waals surface area contributed by atoms with Crippen LogP contribution in [0.25, 0.3) is 16.8 Å². The van der Waals surface area contributed by atoms with Gasteiger partial charge in [-0.2, -0.15) is 0 Å². The standard InChI is InChI=1S/C23H19NO3/c25-22(13-11-18-10-12-19-8-4-5-9-20(19)14-18)24-21(16-27-23(24)26)15-17-6-2-1-3-7-17/h1-14,21H,15-16H2/b13-11+/t21-/m0/s1. The Kier molecular flexibility index (Phi) is 4.71. The van der Waals surface area contributed by atoms with Gasteiger partial charge in [-0.05, 0) is 40.5 Å². The molecular weight excluding hydrogens is 338 g/mol. The zero-order valence-electron chi connectivity index (χ0n) is 14.7. The molecule has 2 amide bonds. The highest BCUT2D eigenvalue weighted by molar-refractivity contribution is 6.02. The summed E-state index contributed by atoms with van der Waals surface area (Å²) < 4.78 is 5.11. The average Bonchev–Trinajstić information content (AvgIpc) is 3.07. The second-order valence-corrected chi connectivity index (χ2v) is 6.57. The van der Waals surface area contributed by atoms with Gasteiger partial charge < -0.3 is 4.74 Å². The third-order valence-electron chi connectivity index (χ3n) is 4.70. The lowest BCUT2D eigenvalue weighted by Gasteiger charge is -2.18. The highest BCUT2D eigenvalue weighted by Crippen LogP contribution is 2.19. The SMILES string of the molecule is O=C(/C=C/c1ccc2ccccc2c1)N1C(=O)OC[C@@H]1Cc1ccccc1. The first-order chi connectivity index (χ1) is 13.2. The Hall–Kier alpha value is -3.40. The van der Waals surface area contributed by atoms with E-state index >= 15 is 0 Å². The fourth-order valence-electron chi connectivity index (χ4n) is 3.33. The lowest BCUT2D eigenvalue weighted by molar-refractivity contribution is -0.124. The monoisotopic (exact) mass is 357 g/mol. The van der Waals surface area contributed by atoms with Gasteiger partial charge in [-0.1, -0.05) is 66.7 Å². The molecule has 0 aromatic heterocycles. The van der Waals surface area contributed by atoms with Crippen LogP contribution in [0.2, 0.25) is 0 Å². The van der Waals surface area contributed by atoms with Gasteiger partial charge in [-0.25, -0.2) is 9.69 Å². The summed E-state index contributed by atoms with van der Waals surface area (Å²) in [6.45, 7) is 0.225. The number of hydrogen-bond donors (Lipinski definition) is 0. The molecule has 1 aliphatic rings. The number of carbonyl (C=O) groups excluding carboxylic acids is 2. The predicted molar refractivity (Wildman–Crippen MR) is 105 cm³/mol. The lowest BCUT2D eigenvalue weighted by Crippen LogP contribution is -2.39. The Morgan fingerprint density at radius 3 is 2.56 bits per heavy atom. The molecule has 27 heavy (non-hydrogen) atoms. The molecule has 1 saturated heterocycles. The van der Waals surface area contributed by atoms with Crippen molar-refractivity contribution in [3.05, 3.63) is 90.0 Å². The minimum absolute atomic E-state index is 0.225. The van der Waals surface area contributed by atoms with Crippen LogP contribution < -0.4 is 0 Å². The number of amides is 2. The molecule has 0 bridgehead atoms. The van der Waals surface area contributed by atoms with Gasteiger partial charge >= 0.3 is 6.09 Å². The average molecular weight is 357 g/mol. The summed E-state index contributed by atoms with van der Waals surface area (Å²) in [6, 6.07) is 23.5. The van der Waals surface area contributed by atoms with E-state index in [9.17, 15) is 9.59 Å². The predicted octanol–water partition coefficient (Wildman–Crippen LogP) is 4.44. The molecule has 4 rings (SSSR count). The van der Waals surface area contributed by atoms with E-state index in [-0.39, 0.29) is 18.6 Å². The van der Waals surface area contributed by atoms with Crippen LogP contribution in [0.3, 0.4) is 0 Å². The highest BCUT2D eigenvalue weighted by Gasteiger charge is 2.36. The molecule has 1 atom stereocenters. The van der Waals surface area contributed by atoms with Gasteiger partial charge in [0.1, 0.15) is 6.61 Å². The molecule has 4 heteroatoms. The van der Waals surface area contributed by atoms with Crippen molar-refractivity contribution in [1.82, 2.24) is 4.90 Å². The molecule has 0 spiro atoms. The maximum atomic E-state index is 12.6. The molecule has 0 aliphatic carbocycles. The molecule has 134 valence electrons. The van der Waals surface area contributed by atoms with Crippen LogP contribution in [0.4, 0.5) is 4.79 Å². The first-order valence-electron chi connectivity index (χ1n) is 8.91. The molecule has 0 unspecified atom stereocenters. The maximum Gasteiger partial charge on any atom is 0.417 e. The second kappa shape index (κ2) is 7.46. The number of carbonyl (C=O) groups is 2. The van der Waals surface area contributed by atoms with Crippen LogP contribution in [-0.4, -0.2) is 29.5 Å². The first-order valence-corrected chi connectivity index (χ1v) is 8.91. The van der Waals surface area contributed by atoms with E-state index in [2.05, 4.69) is 0 Å². The summed E-state index contributed by atoms with van der Waals surface area (Å²) in [5, 5.41) is 2.25. The Morgan fingerprint density at radius 2 is 1.74 bits per heavy atom. The summed E-state index contributed by atoms with van der Waals surface area (Å²) in [6.07, 6.45) is 3.18. The number of fused-ring (bicyclic) bond motifs is 1. The van der Waals surface area contributed by atoms with Crippen molar-refractivity contribution in [2.75, 3.05) is 6.61 Å². The summed E-state index contributed by atoms with van der Waals surface area (Å²) in [7, 11) is 0. The van der Waals surface area contributed by atoms with E-state index in [4.69, 9.17) is 4.74 Å². The Bertz CT molecular complexity index is 1010. The Balaban J connectivity index is 1.51. The molecule has 1 fully saturated rings. The van der Waals surface area contributed by atoms with E-state index in [1.165, 1.54) is 11.0 Å². The van der Waals surface area contributed by atoms with Gasteiger partial charge in [0, 0.05) is 6.08 Å². The molecule has 4 nitrogen and oxygen atoms in total. The number of ether oxygens (including phenoxy) is 1. The summed E-state index contributed by atoms with van der Waals surface area (Å²) >= 11 is 0. The van der Waals surface area contributed by atoms with E-state index in [1.54, 1.807) is 6.08 Å². The topological polar surface area (TPSA) is 46.6 Å². The number of rotatable bonds is 4. The summed E-state index contributed by atoms with van der Waals surface area (Å²) in [5.74, 6) is -0.355. The fourth-order valence-corrected chi connectivity index (χ4v) is 3.33. The summed E-state index contributed by atoms with van der Waals surface area (Å²) in [5.41, 5.74) is 1.98. The summed E-state index contributed by atoms with van der Waals surface area (Å²) in [4.78, 5) is 25.9. The lowest BCUT2D eigenvalue weighted by atomic mass is 10.1. The van der Waals surface area contributed by atoms with Gasteiger partial charge in [0.15, 0.2) is 0 Å². The number of hydrogen-bond acceptors (Lipinski definition) is 3. The molecule has 0 radical (unpaired) electrons. The largest absolute Gasteiger partial charge is 0.447 e. The van der Waals surface area contributed by atoms with Gasteiger partial charge in [-0.15, -0.1) is 0 Å². The smallest absolute Gasteiger partial charge is 0.417 e. The third-order valence-corrected chi connectivity index (χ3v) is 4.70. The quantitative estimate of drug-likeness (QED) is 0.649. The molecule has 0 N–H and O–H groups in total. The van der Waals surface area contributed by atoms with Gasteiger partial charge in [0.05, 0.1) is 6.04 Å². The molecule has 3 aromatic rings. The van der Waals surface area contributed by atoms with Crippen LogP contribution >= 0.6 is 0 Å². The molecule has 1 aliphatic heterocycles. The van der Waals surface area contributed by atoms with Crippen molar-refractivity contribution >= 4 is 28.8 Å². The third kappa shape index (κ3) is 3.75. The van der Waals surface area contributed by atoms with Crippen LogP contribution in [0, 0.1) is 0 Å². The van der Waals surface area contributed by atoms with Gasteiger partial charge in [0.25, 0.3) is 5.91 Å². The maximum absolute atomic E-state index is 12.6. The van der Waals surface area contributed by atoms with E-state index in [0.717, 1.165) is 21.9 Å². The van der Waals surface area contributed by atoms with Crippen LogP contribution in [0.1, 0.15) is 11.1 Å². The van der Waals surface area contributed by atoms with Crippen LogP contribution in [0.15, 0.2) is 78.9 Å². The number of imide groups is 1. The highest BCUT2D eigenvalue weighted by atomic mass is 16.6. The normalized spacial score (nSPS) is 16.8. The van der Waals surface area contributed by atoms with Crippen molar-refractivity contribution in [2.24, 2.45) is 0 Å². The number of nitrogens with zero attached hydrogens (tertiary/aromatic N) is 1. The molecule has 1 heterocycles. The van der Waals surface area contributed by atoms with Crippen molar-refractivity contribution in [3.8, 4) is 0 Å². The van der Waals surface area contributed by atoms with Crippen LogP contribution in [-0.2, 0) is 16.0 Å². The van der Waals surface area contributed by atoms with E-state index < -0.39 is 6.09 Å². The van der Waals surface area contributed by atoms with Gasteiger partial charge in [0.2, 0.25) is 0 Å². The van der Waals surface area contributed by atoms with Crippen molar-refractivity contribution in [1.29, 1.82) is 0 Å². The molecule has 0 saturated carbocycles.